The number of ether oxygens (including phenoxy) is 1. The summed E-state index contributed by atoms with van der Waals surface area (Å²) in [6.45, 7) is 0.453. The van der Waals surface area contributed by atoms with Crippen LogP contribution in [-0.4, -0.2) is 12.4 Å². The third kappa shape index (κ3) is 4.79. The zero-order valence-corrected chi connectivity index (χ0v) is 10.5. The Morgan fingerprint density at radius 3 is 2.26 bits per heavy atom. The number of rotatable bonds is 4. The Kier molecular flexibility index (Phi) is 4.92. The normalized spacial score (nSPS) is 9.47. The highest BCUT2D eigenvalue weighted by atomic mass is 16.5. The van der Waals surface area contributed by atoms with E-state index in [0.29, 0.717) is 6.61 Å². The lowest BCUT2D eigenvalue weighted by Gasteiger charge is -2.00. The monoisotopic (exact) mass is 250 g/mol. The number of hydrogen-bond acceptors (Lipinski definition) is 2. The molecule has 0 aromatic heterocycles. The van der Waals surface area contributed by atoms with Gasteiger partial charge in [0.15, 0.2) is 0 Å². The molecule has 2 heteroatoms. The van der Waals surface area contributed by atoms with Crippen LogP contribution < -0.4 is 0 Å². The smallest absolute Gasteiger partial charge is 0.231 e. The lowest BCUT2D eigenvalue weighted by Crippen LogP contribution is -2.05. The molecule has 19 heavy (non-hydrogen) atoms. The van der Waals surface area contributed by atoms with Crippen LogP contribution in [0, 0.1) is 11.8 Å². The van der Waals surface area contributed by atoms with Crippen LogP contribution in [0.3, 0.4) is 0 Å². The van der Waals surface area contributed by atoms with Crippen molar-refractivity contribution in [3.63, 3.8) is 0 Å². The van der Waals surface area contributed by atoms with Gasteiger partial charge in [0, 0.05) is 5.56 Å². The predicted octanol–water partition coefficient (Wildman–Crippen LogP) is 2.82. The highest BCUT2D eigenvalue weighted by Gasteiger charge is 1.97. The van der Waals surface area contributed by atoms with Crippen LogP contribution in [0.2, 0.25) is 0 Å². The minimum Gasteiger partial charge on any atom is -0.368 e. The maximum absolute atomic E-state index is 11.5. The Hall–Kier alpha value is -2.37. The molecule has 0 aliphatic rings. The molecular formula is C17H14O2. The lowest BCUT2D eigenvalue weighted by atomic mass is 10.2. The van der Waals surface area contributed by atoms with Gasteiger partial charge in [0.2, 0.25) is 5.78 Å². The molecule has 2 aromatic carbocycles. The summed E-state index contributed by atoms with van der Waals surface area (Å²) in [6, 6.07) is 19.2. The van der Waals surface area contributed by atoms with Crippen LogP contribution in [0.25, 0.3) is 0 Å². The zero-order valence-electron chi connectivity index (χ0n) is 10.5. The van der Waals surface area contributed by atoms with Crippen LogP contribution in [0.4, 0.5) is 0 Å². The van der Waals surface area contributed by atoms with E-state index in [1.165, 1.54) is 0 Å². The van der Waals surface area contributed by atoms with E-state index in [-0.39, 0.29) is 12.4 Å². The highest BCUT2D eigenvalue weighted by molar-refractivity contribution is 5.97. The lowest BCUT2D eigenvalue weighted by molar-refractivity contribution is -0.118. The van der Waals surface area contributed by atoms with E-state index in [1.807, 2.05) is 60.7 Å². The molecule has 0 spiro atoms. The van der Waals surface area contributed by atoms with Gasteiger partial charge in [-0.3, -0.25) is 4.79 Å². The van der Waals surface area contributed by atoms with E-state index >= 15 is 0 Å². The number of hydrogen-bond donors (Lipinski definition) is 0. The van der Waals surface area contributed by atoms with E-state index in [1.54, 1.807) is 0 Å². The SMILES string of the molecule is O=C(C#Cc1ccccc1)COCc1ccccc1. The van der Waals surface area contributed by atoms with Gasteiger partial charge in [-0.05, 0) is 23.6 Å². The number of carbonyl (C=O) groups excluding carboxylic acids is 1. The fourth-order valence-electron chi connectivity index (χ4n) is 1.54. The number of carbonyl (C=O) groups is 1. The molecule has 0 radical (unpaired) electrons. The van der Waals surface area contributed by atoms with Crippen molar-refractivity contribution in [1.82, 2.24) is 0 Å². The van der Waals surface area contributed by atoms with Crippen molar-refractivity contribution in [3.8, 4) is 11.8 Å². The van der Waals surface area contributed by atoms with Gasteiger partial charge in [-0.15, -0.1) is 0 Å². The molecule has 0 unspecified atom stereocenters. The van der Waals surface area contributed by atoms with Crippen molar-refractivity contribution in [1.29, 1.82) is 0 Å². The zero-order chi connectivity index (χ0) is 13.3. The molecule has 0 aliphatic heterocycles. The Labute approximate surface area is 113 Å². The molecule has 0 N–H and O–H groups in total. The van der Waals surface area contributed by atoms with E-state index in [4.69, 9.17) is 4.74 Å². The summed E-state index contributed by atoms with van der Waals surface area (Å²) in [5, 5.41) is 0. The second-order valence-corrected chi connectivity index (χ2v) is 4.02. The second-order valence-electron chi connectivity index (χ2n) is 4.02. The Balaban J connectivity index is 1.78. The summed E-state index contributed by atoms with van der Waals surface area (Å²) in [6.07, 6.45) is 0. The topological polar surface area (TPSA) is 26.3 Å². The molecule has 2 rings (SSSR count). The van der Waals surface area contributed by atoms with E-state index in [9.17, 15) is 4.79 Å². The molecule has 0 heterocycles. The molecule has 0 saturated carbocycles. The molecular weight excluding hydrogens is 236 g/mol. The molecule has 0 fully saturated rings. The van der Waals surface area contributed by atoms with Crippen molar-refractivity contribution in [2.75, 3.05) is 6.61 Å². The van der Waals surface area contributed by atoms with E-state index < -0.39 is 0 Å². The van der Waals surface area contributed by atoms with Gasteiger partial charge in [0.1, 0.15) is 6.61 Å². The largest absolute Gasteiger partial charge is 0.368 e. The Morgan fingerprint density at radius 1 is 0.947 bits per heavy atom. The first kappa shape index (κ1) is 13.1. The molecule has 2 nitrogen and oxygen atoms in total. The van der Waals surface area contributed by atoms with Gasteiger partial charge in [0.05, 0.1) is 6.61 Å². The maximum Gasteiger partial charge on any atom is 0.231 e. The average Bonchev–Trinajstić information content (AvgIpc) is 2.47. The molecule has 0 bridgehead atoms. The molecule has 0 atom stereocenters. The summed E-state index contributed by atoms with van der Waals surface area (Å²) in [5.41, 5.74) is 1.88. The van der Waals surface area contributed by atoms with Crippen LogP contribution in [-0.2, 0) is 16.1 Å². The summed E-state index contributed by atoms with van der Waals surface area (Å²) in [5.74, 6) is 5.18. The van der Waals surface area contributed by atoms with Gasteiger partial charge in [-0.2, -0.15) is 0 Å². The summed E-state index contributed by atoms with van der Waals surface area (Å²) in [7, 11) is 0. The fourth-order valence-corrected chi connectivity index (χ4v) is 1.54. The van der Waals surface area contributed by atoms with Gasteiger partial charge in [0.25, 0.3) is 0 Å². The second kappa shape index (κ2) is 7.15. The molecule has 0 amide bonds. The standard InChI is InChI=1S/C17H14O2/c18-17(12-11-15-7-3-1-4-8-15)14-19-13-16-9-5-2-6-10-16/h1-10H,13-14H2. The number of ketones is 1. The first-order chi connectivity index (χ1) is 9.34. The molecule has 0 aliphatic carbocycles. The molecule has 0 saturated heterocycles. The van der Waals surface area contributed by atoms with Crippen molar-refractivity contribution in [2.45, 2.75) is 6.61 Å². The summed E-state index contributed by atoms with van der Waals surface area (Å²) < 4.78 is 5.32. The van der Waals surface area contributed by atoms with Crippen LogP contribution >= 0.6 is 0 Å². The number of benzene rings is 2. The number of Topliss-reactive ketones (excluding diaryl/α,β-unsaturated/α-hetero) is 1. The van der Waals surface area contributed by atoms with Crippen molar-refractivity contribution in [3.05, 3.63) is 71.8 Å². The average molecular weight is 250 g/mol. The van der Waals surface area contributed by atoms with Gasteiger partial charge >= 0.3 is 0 Å². The summed E-state index contributed by atoms with van der Waals surface area (Å²) >= 11 is 0. The minimum absolute atomic E-state index is 0.0225. The quantitative estimate of drug-likeness (QED) is 0.780. The van der Waals surface area contributed by atoms with Crippen molar-refractivity contribution >= 4 is 5.78 Å². The minimum atomic E-state index is -0.209. The summed E-state index contributed by atoms with van der Waals surface area (Å²) in [4.78, 5) is 11.5. The van der Waals surface area contributed by atoms with Gasteiger partial charge in [-0.25, -0.2) is 0 Å². The van der Waals surface area contributed by atoms with Crippen molar-refractivity contribution < 1.29 is 9.53 Å². The first-order valence-corrected chi connectivity index (χ1v) is 6.06. The predicted molar refractivity (Wildman–Crippen MR) is 74.4 cm³/mol. The first-order valence-electron chi connectivity index (χ1n) is 6.06. The third-order valence-corrected chi connectivity index (χ3v) is 2.46. The van der Waals surface area contributed by atoms with Crippen LogP contribution in [0.15, 0.2) is 60.7 Å². The Morgan fingerprint density at radius 2 is 1.58 bits per heavy atom. The van der Waals surface area contributed by atoms with Gasteiger partial charge < -0.3 is 4.74 Å². The van der Waals surface area contributed by atoms with Crippen LogP contribution in [0.5, 0.6) is 0 Å². The third-order valence-electron chi connectivity index (χ3n) is 2.46. The van der Waals surface area contributed by atoms with Gasteiger partial charge in [-0.1, -0.05) is 54.5 Å². The fraction of sp³-hybridized carbons (Fsp3) is 0.118. The molecule has 94 valence electrons. The van der Waals surface area contributed by atoms with E-state index in [0.717, 1.165) is 11.1 Å². The maximum atomic E-state index is 11.5. The highest BCUT2D eigenvalue weighted by Crippen LogP contribution is 2.00. The van der Waals surface area contributed by atoms with E-state index in [2.05, 4.69) is 11.8 Å². The van der Waals surface area contributed by atoms with Crippen molar-refractivity contribution in [2.24, 2.45) is 0 Å². The van der Waals surface area contributed by atoms with Crippen LogP contribution in [0.1, 0.15) is 11.1 Å². The Bertz CT molecular complexity index is 577. The molecule has 2 aromatic rings.